The van der Waals surface area contributed by atoms with Gasteiger partial charge in [-0.25, -0.2) is 17.6 Å². The predicted octanol–water partition coefficient (Wildman–Crippen LogP) is 6.57. The summed E-state index contributed by atoms with van der Waals surface area (Å²) < 4.78 is 93.8. The lowest BCUT2D eigenvalue weighted by atomic mass is 10.0. The number of benzene rings is 3. The molecule has 1 aliphatic rings. The van der Waals surface area contributed by atoms with Gasteiger partial charge in [0.1, 0.15) is 5.82 Å². The maximum absolute atomic E-state index is 14.1. The monoisotopic (exact) mass is 549 g/mol. The highest BCUT2D eigenvalue weighted by molar-refractivity contribution is 7.92. The first-order chi connectivity index (χ1) is 18.0. The maximum Gasteiger partial charge on any atom is 0.509 e. The average Bonchev–Trinajstić information content (AvgIpc) is 2.86. The first-order valence-corrected chi connectivity index (χ1v) is 12.9. The van der Waals surface area contributed by atoms with Crippen LogP contribution in [0.4, 0.5) is 28.0 Å². The van der Waals surface area contributed by atoms with Gasteiger partial charge in [-0.05, 0) is 48.4 Å². The van der Waals surface area contributed by atoms with Crippen LogP contribution in [-0.2, 0) is 19.5 Å². The Bertz CT molecular complexity index is 1440. The van der Waals surface area contributed by atoms with Crippen molar-refractivity contribution in [2.75, 3.05) is 17.5 Å². The molecule has 11 heteroatoms. The van der Waals surface area contributed by atoms with Gasteiger partial charge in [-0.1, -0.05) is 54.1 Å². The highest BCUT2D eigenvalue weighted by atomic mass is 32.2. The van der Waals surface area contributed by atoms with E-state index < -0.39 is 39.8 Å². The van der Waals surface area contributed by atoms with Gasteiger partial charge in [-0.15, -0.1) is 0 Å². The van der Waals surface area contributed by atoms with Crippen LogP contribution in [0.3, 0.4) is 0 Å². The van der Waals surface area contributed by atoms with E-state index >= 15 is 0 Å². The molecule has 1 aliphatic heterocycles. The van der Waals surface area contributed by atoms with Crippen molar-refractivity contribution >= 4 is 27.4 Å². The van der Waals surface area contributed by atoms with E-state index in [1.54, 1.807) is 19.1 Å². The van der Waals surface area contributed by atoms with Crippen LogP contribution in [0.25, 0.3) is 5.57 Å². The van der Waals surface area contributed by atoms with Crippen molar-refractivity contribution in [3.8, 4) is 0 Å². The third-order valence-corrected chi connectivity index (χ3v) is 7.71. The smallest absolute Gasteiger partial charge is 0.434 e. The van der Waals surface area contributed by atoms with Crippen LogP contribution in [-0.4, -0.2) is 33.9 Å². The standard InChI is InChI=1S/C27H23F4NO5S/c1-18-6-12-22(13-7-18)38(34,35)32-16-14-20(19-8-10-21(28)11-9-19)15-17-36-26(33)37-25(27(29,30)31)23-4-2-3-5-24(23)32/h2-14,25H,15-17H2,1H3/b20-14+/t25-/m1/s1. The molecule has 0 radical (unpaired) electrons. The van der Waals surface area contributed by atoms with Gasteiger partial charge in [0.25, 0.3) is 10.0 Å². The summed E-state index contributed by atoms with van der Waals surface area (Å²) in [7, 11) is -4.39. The first-order valence-electron chi connectivity index (χ1n) is 11.5. The number of rotatable bonds is 3. The van der Waals surface area contributed by atoms with Gasteiger partial charge in [-0.2, -0.15) is 13.2 Å². The average molecular weight is 550 g/mol. The molecule has 0 unspecified atom stereocenters. The van der Waals surface area contributed by atoms with Gasteiger partial charge in [0.15, 0.2) is 0 Å². The molecule has 4 rings (SSSR count). The summed E-state index contributed by atoms with van der Waals surface area (Å²) in [5, 5.41) is 0. The quantitative estimate of drug-likeness (QED) is 0.273. The molecule has 0 saturated heterocycles. The van der Waals surface area contributed by atoms with E-state index in [2.05, 4.69) is 4.74 Å². The number of ether oxygens (including phenoxy) is 2. The second-order valence-electron chi connectivity index (χ2n) is 8.53. The van der Waals surface area contributed by atoms with E-state index in [-0.39, 0.29) is 30.2 Å². The van der Waals surface area contributed by atoms with Crippen LogP contribution >= 0.6 is 0 Å². The maximum atomic E-state index is 14.1. The van der Waals surface area contributed by atoms with Gasteiger partial charge in [-0.3, -0.25) is 4.31 Å². The molecule has 1 atom stereocenters. The first kappa shape index (κ1) is 27.2. The van der Waals surface area contributed by atoms with Crippen LogP contribution in [0.5, 0.6) is 0 Å². The van der Waals surface area contributed by atoms with Crippen LogP contribution < -0.4 is 4.31 Å². The Morgan fingerprint density at radius 3 is 2.26 bits per heavy atom. The third-order valence-electron chi connectivity index (χ3n) is 5.92. The molecular weight excluding hydrogens is 526 g/mol. The highest BCUT2D eigenvalue weighted by Gasteiger charge is 2.47. The number of aryl methyl sites for hydroxylation is 1. The summed E-state index contributed by atoms with van der Waals surface area (Å²) in [5.41, 5.74) is 0.908. The van der Waals surface area contributed by atoms with Crippen molar-refractivity contribution < 1.29 is 40.2 Å². The third kappa shape index (κ3) is 5.99. The lowest BCUT2D eigenvalue weighted by Gasteiger charge is -2.30. The van der Waals surface area contributed by atoms with E-state index in [4.69, 9.17) is 4.74 Å². The molecule has 0 amide bonds. The van der Waals surface area contributed by atoms with Crippen LogP contribution in [0, 0.1) is 12.7 Å². The fourth-order valence-corrected chi connectivity index (χ4v) is 5.43. The van der Waals surface area contributed by atoms with Gasteiger partial charge in [0, 0.05) is 12.0 Å². The normalized spacial score (nSPS) is 18.7. The van der Waals surface area contributed by atoms with Crippen molar-refractivity contribution in [2.24, 2.45) is 0 Å². The zero-order chi connectivity index (χ0) is 27.5. The number of nitrogens with zero attached hydrogens (tertiary/aromatic N) is 1. The van der Waals surface area contributed by atoms with E-state index in [1.807, 2.05) is 0 Å². The molecule has 3 aromatic rings. The molecule has 200 valence electrons. The van der Waals surface area contributed by atoms with Gasteiger partial charge in [0.05, 0.1) is 23.7 Å². The zero-order valence-electron chi connectivity index (χ0n) is 20.1. The molecule has 0 bridgehead atoms. The summed E-state index contributed by atoms with van der Waals surface area (Å²) in [4.78, 5) is 12.1. The Balaban J connectivity index is 1.92. The SMILES string of the molecule is Cc1ccc(S(=O)(=O)N2C/C=C(/c3ccc(F)cc3)CCOC(=O)O[C@@H](C(F)(F)F)c3ccccc32)cc1. The second-order valence-corrected chi connectivity index (χ2v) is 10.4. The molecule has 0 fully saturated rings. The number of carbonyl (C=O) groups excluding carboxylic acids is 1. The van der Waals surface area contributed by atoms with Gasteiger partial charge < -0.3 is 9.47 Å². The lowest BCUT2D eigenvalue weighted by Crippen LogP contribution is -2.35. The number of halogens is 4. The summed E-state index contributed by atoms with van der Waals surface area (Å²) >= 11 is 0. The molecule has 3 aromatic carbocycles. The zero-order valence-corrected chi connectivity index (χ0v) is 20.9. The van der Waals surface area contributed by atoms with Crippen molar-refractivity contribution in [2.45, 2.75) is 30.5 Å². The van der Waals surface area contributed by atoms with E-state index in [1.165, 1.54) is 60.7 Å². The number of para-hydroxylation sites is 1. The Morgan fingerprint density at radius 2 is 1.61 bits per heavy atom. The Labute approximate surface area is 217 Å². The van der Waals surface area contributed by atoms with E-state index in [9.17, 15) is 30.8 Å². The molecule has 0 spiro atoms. The van der Waals surface area contributed by atoms with Crippen molar-refractivity contribution in [1.82, 2.24) is 0 Å². The highest BCUT2D eigenvalue weighted by Crippen LogP contribution is 2.42. The number of anilines is 1. The summed E-state index contributed by atoms with van der Waals surface area (Å²) in [5.74, 6) is -0.488. The number of fused-ring (bicyclic) bond motifs is 1. The Kier molecular flexibility index (Phi) is 7.77. The minimum absolute atomic E-state index is 0.0114. The fourth-order valence-electron chi connectivity index (χ4n) is 4.00. The molecule has 0 N–H and O–H groups in total. The largest absolute Gasteiger partial charge is 0.509 e. The molecular formula is C27H23F4NO5S. The second kappa shape index (κ2) is 10.9. The summed E-state index contributed by atoms with van der Waals surface area (Å²) in [6.07, 6.45) is -7.88. The van der Waals surface area contributed by atoms with Crippen LogP contribution in [0.2, 0.25) is 0 Å². The van der Waals surface area contributed by atoms with E-state index in [0.717, 1.165) is 15.9 Å². The minimum Gasteiger partial charge on any atom is -0.434 e. The van der Waals surface area contributed by atoms with Gasteiger partial charge >= 0.3 is 12.3 Å². The Morgan fingerprint density at radius 1 is 0.947 bits per heavy atom. The molecule has 0 aromatic heterocycles. The molecule has 1 heterocycles. The summed E-state index contributed by atoms with van der Waals surface area (Å²) in [6, 6.07) is 16.2. The molecule has 6 nitrogen and oxygen atoms in total. The number of alkyl halides is 3. The number of cyclic esters (lactones) is 2. The molecule has 0 aliphatic carbocycles. The lowest BCUT2D eigenvalue weighted by molar-refractivity contribution is -0.211. The predicted molar refractivity (Wildman–Crippen MR) is 132 cm³/mol. The molecule has 0 saturated carbocycles. The number of carbonyl (C=O) groups is 1. The number of hydrogen-bond donors (Lipinski definition) is 0. The van der Waals surface area contributed by atoms with Crippen molar-refractivity contribution in [3.05, 3.63) is 101 Å². The minimum atomic E-state index is -5.06. The topological polar surface area (TPSA) is 72.9 Å². The van der Waals surface area contributed by atoms with E-state index in [0.29, 0.717) is 11.1 Å². The number of sulfonamides is 1. The fraction of sp³-hybridized carbons (Fsp3) is 0.222. The van der Waals surface area contributed by atoms with Gasteiger partial charge in [0.2, 0.25) is 6.10 Å². The number of hydrogen-bond acceptors (Lipinski definition) is 5. The van der Waals surface area contributed by atoms with Crippen molar-refractivity contribution in [1.29, 1.82) is 0 Å². The van der Waals surface area contributed by atoms with Crippen LogP contribution in [0.1, 0.15) is 29.2 Å². The van der Waals surface area contributed by atoms with Crippen molar-refractivity contribution in [3.63, 3.8) is 0 Å². The Hall–Kier alpha value is -3.86. The van der Waals surface area contributed by atoms with Crippen LogP contribution in [0.15, 0.2) is 83.8 Å². The molecule has 38 heavy (non-hydrogen) atoms. The summed E-state index contributed by atoms with van der Waals surface area (Å²) in [6.45, 7) is 1.06.